The van der Waals surface area contributed by atoms with E-state index in [1.54, 1.807) is 22.8 Å². The molecule has 0 aliphatic heterocycles. The predicted octanol–water partition coefficient (Wildman–Crippen LogP) is 4.30. The molecule has 2 aromatic rings. The van der Waals surface area contributed by atoms with Crippen LogP contribution >= 0.6 is 35.4 Å². The minimum Gasteiger partial charge on any atom is -0.342 e. The number of rotatable bonds is 5. The third-order valence-corrected chi connectivity index (χ3v) is 4.33. The monoisotopic (exact) mass is 372 g/mol. The third-order valence-electron chi connectivity index (χ3n) is 3.41. The molecule has 1 amide bonds. The Bertz CT molecular complexity index is 769. The second-order valence-corrected chi connectivity index (χ2v) is 6.96. The zero-order valence-electron chi connectivity index (χ0n) is 13.1. The number of amides is 1. The zero-order valence-corrected chi connectivity index (χ0v) is 15.4. The van der Waals surface area contributed by atoms with Gasteiger partial charge in [-0.15, -0.1) is 0 Å². The molecule has 0 aliphatic carbocycles. The van der Waals surface area contributed by atoms with Gasteiger partial charge in [0.1, 0.15) is 0 Å². The van der Waals surface area contributed by atoms with Gasteiger partial charge in [-0.3, -0.25) is 9.89 Å². The lowest BCUT2D eigenvalue weighted by atomic mass is 10.0. The highest BCUT2D eigenvalue weighted by Crippen LogP contribution is 2.24. The Labute approximate surface area is 150 Å². The minimum absolute atomic E-state index is 0.271. The number of halogens is 2. The van der Waals surface area contributed by atoms with Gasteiger partial charge in [0.05, 0.1) is 16.6 Å². The van der Waals surface area contributed by atoms with Crippen molar-refractivity contribution in [3.8, 4) is 0 Å². The normalized spacial score (nSPS) is 12.4. The number of nitrogens with one attached hydrogen (secondary N) is 2. The summed E-state index contributed by atoms with van der Waals surface area (Å²) in [7, 11) is 1.82. The van der Waals surface area contributed by atoms with E-state index in [2.05, 4.69) is 29.4 Å². The van der Waals surface area contributed by atoms with Crippen LogP contribution in [-0.4, -0.2) is 20.7 Å². The second-order valence-electron chi connectivity index (χ2n) is 5.73. The van der Waals surface area contributed by atoms with Crippen LogP contribution in [0.4, 0.5) is 0 Å². The largest absolute Gasteiger partial charge is 0.342 e. The first kappa shape index (κ1) is 18.0. The first-order valence-electron chi connectivity index (χ1n) is 7.16. The van der Waals surface area contributed by atoms with Crippen LogP contribution in [0, 0.1) is 10.7 Å². The summed E-state index contributed by atoms with van der Waals surface area (Å²) in [5.74, 6) is 0.777. The van der Waals surface area contributed by atoms with E-state index in [0.29, 0.717) is 32.1 Å². The number of hydrogen-bond acceptors (Lipinski definition) is 3. The van der Waals surface area contributed by atoms with Gasteiger partial charge >= 0.3 is 0 Å². The van der Waals surface area contributed by atoms with Crippen molar-refractivity contribution in [1.29, 1.82) is 0 Å². The number of carbonyl (C=O) groups excluding carboxylic acids is 1. The van der Waals surface area contributed by atoms with Gasteiger partial charge in [-0.1, -0.05) is 37.0 Å². The zero-order chi connectivity index (χ0) is 17.1. The van der Waals surface area contributed by atoms with Gasteiger partial charge in [-0.25, -0.2) is 0 Å². The number of benzene rings is 1. The van der Waals surface area contributed by atoms with Crippen LogP contribution in [0.1, 0.15) is 42.5 Å². The number of carbonyl (C=O) groups is 1. The van der Waals surface area contributed by atoms with Gasteiger partial charge in [0, 0.05) is 12.1 Å². The molecule has 5 nitrogen and oxygen atoms in total. The Kier molecular flexibility index (Phi) is 5.84. The highest BCUT2D eigenvalue weighted by atomic mass is 35.5. The summed E-state index contributed by atoms with van der Waals surface area (Å²) < 4.78 is 2.26. The van der Waals surface area contributed by atoms with Crippen LogP contribution in [0.15, 0.2) is 18.2 Å². The van der Waals surface area contributed by atoms with Crippen LogP contribution in [0.25, 0.3) is 0 Å². The van der Waals surface area contributed by atoms with Gasteiger partial charge < -0.3 is 9.88 Å². The van der Waals surface area contributed by atoms with Crippen molar-refractivity contribution in [2.24, 2.45) is 13.0 Å². The first-order valence-corrected chi connectivity index (χ1v) is 8.33. The van der Waals surface area contributed by atoms with Crippen LogP contribution in [0.5, 0.6) is 0 Å². The second kappa shape index (κ2) is 7.47. The highest BCUT2D eigenvalue weighted by Gasteiger charge is 2.22. The average molecular weight is 373 g/mol. The lowest BCUT2D eigenvalue weighted by molar-refractivity contribution is 0.0929. The van der Waals surface area contributed by atoms with Gasteiger partial charge in [0.15, 0.2) is 10.6 Å². The summed E-state index contributed by atoms with van der Waals surface area (Å²) in [6.07, 6.45) is 0.727. The molecule has 1 aromatic heterocycles. The van der Waals surface area contributed by atoms with E-state index in [1.807, 2.05) is 7.05 Å². The van der Waals surface area contributed by atoms with Crippen LogP contribution in [0.3, 0.4) is 0 Å². The average Bonchev–Trinajstić information content (AvgIpc) is 2.77. The number of aromatic amines is 1. The van der Waals surface area contributed by atoms with Crippen LogP contribution < -0.4 is 5.32 Å². The fraction of sp³-hybridized carbons (Fsp3) is 0.400. The quantitative estimate of drug-likeness (QED) is 0.768. The Hall–Kier alpha value is -1.37. The SMILES string of the molecule is CC(C)C[C@@H](NC(=O)c1ccc(Cl)cc1Cl)c1n[nH]c(=S)n1C. The van der Waals surface area contributed by atoms with Crippen molar-refractivity contribution in [3.05, 3.63) is 44.4 Å². The summed E-state index contributed by atoms with van der Waals surface area (Å²) in [4.78, 5) is 12.5. The summed E-state index contributed by atoms with van der Waals surface area (Å²) in [6.45, 7) is 4.16. The summed E-state index contributed by atoms with van der Waals surface area (Å²) in [5.41, 5.74) is 0.376. The van der Waals surface area contributed by atoms with E-state index in [-0.39, 0.29) is 11.9 Å². The maximum atomic E-state index is 12.5. The molecule has 0 saturated heterocycles. The molecule has 0 saturated carbocycles. The molecular weight excluding hydrogens is 355 g/mol. The predicted molar refractivity (Wildman–Crippen MR) is 94.5 cm³/mol. The van der Waals surface area contributed by atoms with Crippen molar-refractivity contribution in [1.82, 2.24) is 20.1 Å². The van der Waals surface area contributed by atoms with E-state index in [9.17, 15) is 4.79 Å². The Morgan fingerprint density at radius 1 is 1.43 bits per heavy atom. The smallest absolute Gasteiger partial charge is 0.253 e. The van der Waals surface area contributed by atoms with E-state index < -0.39 is 0 Å². The van der Waals surface area contributed by atoms with Crippen LogP contribution in [-0.2, 0) is 7.05 Å². The van der Waals surface area contributed by atoms with E-state index in [0.717, 1.165) is 6.42 Å². The highest BCUT2D eigenvalue weighted by molar-refractivity contribution is 7.71. The topological polar surface area (TPSA) is 62.7 Å². The van der Waals surface area contributed by atoms with Gasteiger partial charge in [0.25, 0.3) is 5.91 Å². The molecule has 1 heterocycles. The van der Waals surface area contributed by atoms with Gasteiger partial charge in [0.2, 0.25) is 0 Å². The van der Waals surface area contributed by atoms with Crippen molar-refractivity contribution >= 4 is 41.3 Å². The maximum absolute atomic E-state index is 12.5. The molecule has 0 radical (unpaired) electrons. The third kappa shape index (κ3) is 4.34. The Morgan fingerprint density at radius 3 is 2.65 bits per heavy atom. The molecule has 2 rings (SSSR count). The number of H-pyrrole nitrogens is 1. The number of hydrogen-bond donors (Lipinski definition) is 2. The molecule has 0 bridgehead atoms. The molecule has 23 heavy (non-hydrogen) atoms. The minimum atomic E-state index is -0.272. The first-order chi connectivity index (χ1) is 10.8. The fourth-order valence-corrected chi connectivity index (χ4v) is 2.91. The molecule has 1 aromatic carbocycles. The summed E-state index contributed by atoms with van der Waals surface area (Å²) in [6, 6.07) is 4.52. The Morgan fingerprint density at radius 2 is 2.13 bits per heavy atom. The van der Waals surface area contributed by atoms with Crippen molar-refractivity contribution < 1.29 is 4.79 Å². The molecule has 2 N–H and O–H groups in total. The summed E-state index contributed by atoms with van der Waals surface area (Å²) in [5, 5.41) is 10.8. The van der Waals surface area contributed by atoms with Gasteiger partial charge in [-0.05, 0) is 42.8 Å². The number of nitrogens with zero attached hydrogens (tertiary/aromatic N) is 2. The molecule has 8 heteroatoms. The Balaban J connectivity index is 2.29. The summed E-state index contributed by atoms with van der Waals surface area (Å²) >= 11 is 17.1. The van der Waals surface area contributed by atoms with Gasteiger partial charge in [-0.2, -0.15) is 5.10 Å². The lowest BCUT2D eigenvalue weighted by Crippen LogP contribution is -2.31. The molecule has 1 atom stereocenters. The van der Waals surface area contributed by atoms with E-state index >= 15 is 0 Å². The molecule has 0 unspecified atom stereocenters. The van der Waals surface area contributed by atoms with E-state index in [4.69, 9.17) is 35.4 Å². The van der Waals surface area contributed by atoms with Crippen LogP contribution in [0.2, 0.25) is 10.0 Å². The van der Waals surface area contributed by atoms with E-state index in [1.165, 1.54) is 0 Å². The molecule has 124 valence electrons. The fourth-order valence-electron chi connectivity index (χ4n) is 2.28. The lowest BCUT2D eigenvalue weighted by Gasteiger charge is -2.20. The molecule has 0 aliphatic rings. The van der Waals surface area contributed by atoms with Crippen molar-refractivity contribution in [3.63, 3.8) is 0 Å². The molecule has 0 spiro atoms. The molecule has 0 fully saturated rings. The molecular formula is C15H18Cl2N4OS. The number of aromatic nitrogens is 3. The van der Waals surface area contributed by atoms with Crippen molar-refractivity contribution in [2.75, 3.05) is 0 Å². The van der Waals surface area contributed by atoms with Crippen molar-refractivity contribution in [2.45, 2.75) is 26.3 Å². The standard InChI is InChI=1S/C15H18Cl2N4OS/c1-8(2)6-12(13-19-20-15(23)21(13)3)18-14(22)10-5-4-9(16)7-11(10)17/h4-5,7-8,12H,6H2,1-3H3,(H,18,22)(H,20,23)/t12-/m1/s1. The maximum Gasteiger partial charge on any atom is 0.253 e.